The van der Waals surface area contributed by atoms with Crippen LogP contribution in [0.1, 0.15) is 58.8 Å². The van der Waals surface area contributed by atoms with Crippen molar-refractivity contribution in [2.24, 2.45) is 5.73 Å². The van der Waals surface area contributed by atoms with Crippen LogP contribution in [0, 0.1) is 0 Å². The molecule has 1 aliphatic rings. The first kappa shape index (κ1) is 37.4. The Balaban J connectivity index is -0.0000000375. The number of aliphatic carboxylic acids is 2. The summed E-state index contributed by atoms with van der Waals surface area (Å²) in [5.41, 5.74) is 5.63. The molecule has 1 rings (SSSR count). The Bertz CT molecular complexity index is 205. The number of nitrogens with two attached hydrogens (primary N) is 1. The molecule has 1 fully saturated rings. The van der Waals surface area contributed by atoms with Crippen molar-refractivity contribution in [2.75, 3.05) is 0 Å². The maximum absolute atomic E-state index is 9.26. The molecule has 0 aromatic rings. The zero-order valence-corrected chi connectivity index (χ0v) is 16.3. The molecule has 21 heavy (non-hydrogen) atoms. The summed E-state index contributed by atoms with van der Waals surface area (Å²) >= 11 is 0. The molecule has 1 aliphatic carbocycles. The Morgan fingerprint density at radius 3 is 1.29 bits per heavy atom. The van der Waals surface area contributed by atoms with Gasteiger partial charge >= 0.3 is 21.1 Å². The van der Waals surface area contributed by atoms with Crippen LogP contribution in [0.5, 0.6) is 0 Å². The molecule has 9 heteroatoms. The number of rotatable bonds is 2. The van der Waals surface area contributed by atoms with Crippen LogP contribution in [0.2, 0.25) is 0 Å². The molecular weight excluding hydrogens is 502 g/mol. The summed E-state index contributed by atoms with van der Waals surface area (Å²) in [4.78, 5) is 18.5. The van der Waals surface area contributed by atoms with E-state index in [1.54, 1.807) is 0 Å². The average Bonchev–Trinajstić information content (AvgIpc) is 2.31. The third kappa shape index (κ3) is 45.0. The fourth-order valence-electron chi connectivity index (χ4n) is 1.13. The van der Waals surface area contributed by atoms with Gasteiger partial charge < -0.3 is 56.5 Å². The van der Waals surface area contributed by atoms with E-state index in [2.05, 4.69) is 0 Å². The van der Waals surface area contributed by atoms with E-state index < -0.39 is 11.9 Å². The van der Waals surface area contributed by atoms with E-state index in [9.17, 15) is 19.8 Å². The molecule has 0 heterocycles. The first-order valence-corrected chi connectivity index (χ1v) is 6.09. The SMILES string of the molecule is CCC(=O)[O-].CCC(=O)[O-].N.NC1CCCCC1.[Cl-].[Cl-].[Pt+4]. The molecule has 0 radical (unpaired) electrons. The molecule has 0 aromatic carbocycles. The van der Waals surface area contributed by atoms with Crippen molar-refractivity contribution in [1.82, 2.24) is 6.15 Å². The molecule has 0 spiro atoms. The largest absolute Gasteiger partial charge is 4.00 e. The first-order valence-electron chi connectivity index (χ1n) is 6.09. The maximum atomic E-state index is 9.26. The van der Waals surface area contributed by atoms with Crippen LogP contribution in [0.4, 0.5) is 0 Å². The van der Waals surface area contributed by atoms with Crippen LogP contribution < -0.4 is 46.9 Å². The Labute approximate surface area is 154 Å². The molecule has 0 amide bonds. The van der Waals surface area contributed by atoms with Crippen LogP contribution >= 0.6 is 0 Å². The maximum Gasteiger partial charge on any atom is 4.00 e. The van der Waals surface area contributed by atoms with Gasteiger partial charge in [-0.3, -0.25) is 0 Å². The zero-order valence-electron chi connectivity index (χ0n) is 12.5. The van der Waals surface area contributed by atoms with Gasteiger partial charge in [-0.05, 0) is 25.7 Å². The van der Waals surface area contributed by atoms with Crippen LogP contribution in [-0.2, 0) is 30.7 Å². The second kappa shape index (κ2) is 28.3. The van der Waals surface area contributed by atoms with Gasteiger partial charge in [0.25, 0.3) is 0 Å². The fourth-order valence-corrected chi connectivity index (χ4v) is 1.13. The Morgan fingerprint density at radius 2 is 1.19 bits per heavy atom. The van der Waals surface area contributed by atoms with Crippen LogP contribution in [0.3, 0.4) is 0 Å². The molecule has 5 N–H and O–H groups in total. The van der Waals surface area contributed by atoms with Crippen molar-refractivity contribution in [2.45, 2.75) is 64.8 Å². The number of carbonyl (C=O) groups excluding carboxylic acids is 2. The Kier molecular flexibility index (Phi) is 50.4. The van der Waals surface area contributed by atoms with Crippen molar-refractivity contribution in [3.63, 3.8) is 0 Å². The van der Waals surface area contributed by atoms with Crippen LogP contribution in [0.25, 0.3) is 0 Å². The normalized spacial score (nSPS) is 12.0. The van der Waals surface area contributed by atoms with Crippen molar-refractivity contribution >= 4 is 11.9 Å². The summed E-state index contributed by atoms with van der Waals surface area (Å²) in [5, 5.41) is 18.5. The first-order chi connectivity index (χ1) is 7.93. The molecule has 0 unspecified atom stereocenters. The van der Waals surface area contributed by atoms with E-state index in [-0.39, 0.29) is 64.9 Å². The standard InChI is InChI=1S/C6H13N.2C3H6O2.2ClH.H3N.Pt/c7-6-4-2-1-3-5-6;2*1-2-3(4)5;;;;/h6H,1-5,7H2;2*2H2,1H3,(H,4,5);2*1H;1H3;/q;;;;;;+4/p-4. The smallest absolute Gasteiger partial charge is 1.00 e. The van der Waals surface area contributed by atoms with E-state index in [1.807, 2.05) is 0 Å². The molecule has 0 atom stereocenters. The summed E-state index contributed by atoms with van der Waals surface area (Å²) in [7, 11) is 0. The van der Waals surface area contributed by atoms with E-state index >= 15 is 0 Å². The minimum Gasteiger partial charge on any atom is -1.00 e. The number of carboxylic acids is 2. The second-order valence-corrected chi connectivity index (χ2v) is 3.85. The Morgan fingerprint density at radius 1 is 0.952 bits per heavy atom. The fraction of sp³-hybridized carbons (Fsp3) is 0.833. The molecular formula is C12H26Cl2N2O4Pt. The summed E-state index contributed by atoms with van der Waals surface area (Å²) in [5.74, 6) is -1.99. The zero-order chi connectivity index (χ0) is 13.7. The molecule has 0 aromatic heterocycles. The van der Waals surface area contributed by atoms with Gasteiger partial charge in [0.2, 0.25) is 0 Å². The van der Waals surface area contributed by atoms with E-state index in [0.717, 1.165) is 0 Å². The summed E-state index contributed by atoms with van der Waals surface area (Å²) < 4.78 is 0. The molecule has 0 aliphatic heterocycles. The van der Waals surface area contributed by atoms with Gasteiger partial charge in [0.1, 0.15) is 0 Å². The molecule has 0 saturated heterocycles. The van der Waals surface area contributed by atoms with Gasteiger partial charge in [-0.2, -0.15) is 0 Å². The van der Waals surface area contributed by atoms with Crippen molar-refractivity contribution in [3.05, 3.63) is 0 Å². The molecule has 1 saturated carbocycles. The molecule has 132 valence electrons. The van der Waals surface area contributed by atoms with Gasteiger partial charge in [-0.25, -0.2) is 0 Å². The average molecular weight is 528 g/mol. The summed E-state index contributed by atoms with van der Waals surface area (Å²) in [6, 6.07) is 0.536. The van der Waals surface area contributed by atoms with E-state index in [0.29, 0.717) is 6.04 Å². The van der Waals surface area contributed by atoms with Crippen LogP contribution in [0.15, 0.2) is 0 Å². The number of carboxylic acid groups (broad SMARTS) is 2. The van der Waals surface area contributed by atoms with Crippen molar-refractivity contribution in [1.29, 1.82) is 0 Å². The minimum absolute atomic E-state index is 0. The van der Waals surface area contributed by atoms with Gasteiger partial charge in [-0.15, -0.1) is 0 Å². The van der Waals surface area contributed by atoms with Gasteiger partial charge in [0, 0.05) is 18.0 Å². The minimum atomic E-state index is -0.995. The third-order valence-corrected chi connectivity index (χ3v) is 2.23. The summed E-state index contributed by atoms with van der Waals surface area (Å²) in [6.07, 6.45) is 6.88. The monoisotopic (exact) mass is 527 g/mol. The molecule has 0 bridgehead atoms. The van der Waals surface area contributed by atoms with Gasteiger partial charge in [0.05, 0.1) is 0 Å². The topological polar surface area (TPSA) is 141 Å². The van der Waals surface area contributed by atoms with E-state index in [1.165, 1.54) is 46.0 Å². The van der Waals surface area contributed by atoms with Crippen LogP contribution in [-0.4, -0.2) is 18.0 Å². The Hall–Kier alpha value is 0.128. The predicted molar refractivity (Wildman–Crippen MR) is 66.7 cm³/mol. The summed E-state index contributed by atoms with van der Waals surface area (Å²) in [6.45, 7) is 3.07. The predicted octanol–water partition coefficient (Wildman–Crippen LogP) is -6.26. The molecule has 6 nitrogen and oxygen atoms in total. The van der Waals surface area contributed by atoms with Gasteiger partial charge in [0.15, 0.2) is 0 Å². The van der Waals surface area contributed by atoms with E-state index in [4.69, 9.17) is 5.73 Å². The second-order valence-electron chi connectivity index (χ2n) is 3.85. The van der Waals surface area contributed by atoms with Gasteiger partial charge in [-0.1, -0.05) is 33.1 Å². The van der Waals surface area contributed by atoms with Crippen molar-refractivity contribution < 1.29 is 65.7 Å². The number of halogens is 2. The third-order valence-electron chi connectivity index (χ3n) is 2.23. The quantitative estimate of drug-likeness (QED) is 0.366. The number of hydrogen-bond donors (Lipinski definition) is 2. The van der Waals surface area contributed by atoms with Crippen molar-refractivity contribution in [3.8, 4) is 0 Å². The number of carbonyl (C=O) groups is 2. The number of hydrogen-bond acceptors (Lipinski definition) is 6.